The van der Waals surface area contributed by atoms with Crippen molar-refractivity contribution in [1.29, 1.82) is 0 Å². The molecule has 1 atom stereocenters. The number of nitrogens with zero attached hydrogens (tertiary/aromatic N) is 2. The Morgan fingerprint density at radius 1 is 1.69 bits per heavy atom. The van der Waals surface area contributed by atoms with Gasteiger partial charge < -0.3 is 9.88 Å². The zero-order chi connectivity index (χ0) is 12.0. The molecule has 0 aliphatic heterocycles. The number of nitrogens with one attached hydrogen (secondary N) is 1. The second kappa shape index (κ2) is 6.58. The van der Waals surface area contributed by atoms with Crippen LogP contribution in [-0.4, -0.2) is 27.3 Å². The number of amides is 1. The maximum absolute atomic E-state index is 11.7. The molecule has 0 spiro atoms. The fraction of sp³-hybridized carbons (Fsp3) is 0.636. The zero-order valence-electron chi connectivity index (χ0n) is 10.1. The molecule has 1 aromatic rings. The van der Waals surface area contributed by atoms with Crippen molar-refractivity contribution in [3.8, 4) is 0 Å². The summed E-state index contributed by atoms with van der Waals surface area (Å²) >= 11 is 1.48. The minimum absolute atomic E-state index is 0.0847. The van der Waals surface area contributed by atoms with Gasteiger partial charge in [-0.2, -0.15) is 0 Å². The van der Waals surface area contributed by atoms with Crippen LogP contribution in [0.3, 0.4) is 0 Å². The number of hydrogen-bond donors (Lipinski definition) is 1. The Morgan fingerprint density at radius 3 is 3.00 bits per heavy atom. The molecular formula is C11H19N3OS. The van der Waals surface area contributed by atoms with Crippen LogP contribution in [0, 0.1) is 0 Å². The molecule has 0 aliphatic carbocycles. The average Bonchev–Trinajstić information content (AvgIpc) is 2.64. The molecule has 1 unspecified atom stereocenters. The fourth-order valence-electron chi connectivity index (χ4n) is 1.21. The van der Waals surface area contributed by atoms with Gasteiger partial charge in [0.2, 0.25) is 5.91 Å². The summed E-state index contributed by atoms with van der Waals surface area (Å²) in [5.74, 6) is 0.0847. The maximum atomic E-state index is 11.7. The second-order valence-electron chi connectivity index (χ2n) is 3.73. The van der Waals surface area contributed by atoms with E-state index in [-0.39, 0.29) is 11.2 Å². The van der Waals surface area contributed by atoms with Crippen LogP contribution in [0.4, 0.5) is 0 Å². The molecule has 0 aromatic carbocycles. The Morgan fingerprint density at radius 2 is 2.44 bits per heavy atom. The van der Waals surface area contributed by atoms with Gasteiger partial charge in [0, 0.05) is 26.0 Å². The van der Waals surface area contributed by atoms with Crippen LogP contribution in [0.2, 0.25) is 0 Å². The summed E-state index contributed by atoms with van der Waals surface area (Å²) in [5.41, 5.74) is 0. The Labute approximate surface area is 101 Å². The fourth-order valence-corrected chi connectivity index (χ4v) is 2.06. The van der Waals surface area contributed by atoms with E-state index in [1.807, 2.05) is 24.7 Å². The Balaban J connectivity index is 2.37. The summed E-state index contributed by atoms with van der Waals surface area (Å²) in [7, 11) is 1.93. The van der Waals surface area contributed by atoms with Gasteiger partial charge in [-0.05, 0) is 13.3 Å². The summed E-state index contributed by atoms with van der Waals surface area (Å²) in [5, 5.41) is 3.69. The molecule has 90 valence electrons. The summed E-state index contributed by atoms with van der Waals surface area (Å²) in [6.07, 6.45) is 5.75. The predicted molar refractivity (Wildman–Crippen MR) is 66.4 cm³/mol. The number of imidazole rings is 1. The monoisotopic (exact) mass is 241 g/mol. The van der Waals surface area contributed by atoms with Gasteiger partial charge in [0.05, 0.1) is 5.25 Å². The van der Waals surface area contributed by atoms with E-state index >= 15 is 0 Å². The van der Waals surface area contributed by atoms with Crippen molar-refractivity contribution in [3.63, 3.8) is 0 Å². The van der Waals surface area contributed by atoms with Crippen LogP contribution in [0.1, 0.15) is 26.7 Å². The number of unbranched alkanes of at least 4 members (excludes halogenated alkanes) is 1. The van der Waals surface area contributed by atoms with Crippen LogP contribution in [0.25, 0.3) is 0 Å². The lowest BCUT2D eigenvalue weighted by molar-refractivity contribution is -0.120. The van der Waals surface area contributed by atoms with E-state index in [9.17, 15) is 4.79 Å². The number of rotatable bonds is 6. The number of aryl methyl sites for hydroxylation is 1. The average molecular weight is 241 g/mol. The normalized spacial score (nSPS) is 12.4. The summed E-state index contributed by atoms with van der Waals surface area (Å²) in [6.45, 7) is 4.78. The van der Waals surface area contributed by atoms with Crippen molar-refractivity contribution >= 4 is 17.7 Å². The minimum Gasteiger partial charge on any atom is -0.355 e. The van der Waals surface area contributed by atoms with E-state index in [2.05, 4.69) is 17.2 Å². The van der Waals surface area contributed by atoms with Gasteiger partial charge in [0.1, 0.15) is 0 Å². The lowest BCUT2D eigenvalue weighted by Gasteiger charge is -2.11. The molecular weight excluding hydrogens is 222 g/mol. The van der Waals surface area contributed by atoms with E-state index < -0.39 is 0 Å². The SMILES string of the molecule is CCCCNC(=O)C(C)Sc1nccn1C. The summed E-state index contributed by atoms with van der Waals surface area (Å²) in [6, 6.07) is 0. The molecule has 5 heteroatoms. The predicted octanol–water partition coefficient (Wildman–Crippen LogP) is 1.82. The molecule has 1 rings (SSSR count). The number of thioether (sulfide) groups is 1. The van der Waals surface area contributed by atoms with E-state index in [0.29, 0.717) is 0 Å². The van der Waals surface area contributed by atoms with E-state index in [1.54, 1.807) is 6.20 Å². The van der Waals surface area contributed by atoms with Crippen LogP contribution < -0.4 is 5.32 Å². The first-order chi connectivity index (χ1) is 7.65. The van der Waals surface area contributed by atoms with Crippen LogP contribution in [0.15, 0.2) is 17.6 Å². The Hall–Kier alpha value is -0.970. The van der Waals surface area contributed by atoms with Crippen molar-refractivity contribution < 1.29 is 4.79 Å². The largest absolute Gasteiger partial charge is 0.355 e. The quantitative estimate of drug-likeness (QED) is 0.610. The molecule has 0 aliphatic rings. The van der Waals surface area contributed by atoms with Gasteiger partial charge in [-0.3, -0.25) is 4.79 Å². The van der Waals surface area contributed by atoms with Crippen molar-refractivity contribution in [2.75, 3.05) is 6.54 Å². The molecule has 4 nitrogen and oxygen atoms in total. The highest BCUT2D eigenvalue weighted by molar-refractivity contribution is 8.00. The minimum atomic E-state index is -0.0991. The first-order valence-electron chi connectivity index (χ1n) is 5.56. The third kappa shape index (κ3) is 3.89. The highest BCUT2D eigenvalue weighted by Crippen LogP contribution is 2.20. The molecule has 0 saturated carbocycles. The zero-order valence-corrected chi connectivity index (χ0v) is 10.9. The highest BCUT2D eigenvalue weighted by Gasteiger charge is 2.15. The van der Waals surface area contributed by atoms with Gasteiger partial charge >= 0.3 is 0 Å². The van der Waals surface area contributed by atoms with E-state index in [0.717, 1.165) is 24.5 Å². The summed E-state index contributed by atoms with van der Waals surface area (Å²) < 4.78 is 1.92. The maximum Gasteiger partial charge on any atom is 0.233 e. The lowest BCUT2D eigenvalue weighted by atomic mass is 10.3. The molecule has 16 heavy (non-hydrogen) atoms. The standard InChI is InChI=1S/C11H19N3OS/c1-4-5-6-12-10(15)9(2)16-11-13-7-8-14(11)3/h7-9H,4-6H2,1-3H3,(H,12,15). The third-order valence-electron chi connectivity index (χ3n) is 2.26. The van der Waals surface area contributed by atoms with E-state index in [4.69, 9.17) is 0 Å². The van der Waals surface area contributed by atoms with Gasteiger partial charge in [0.25, 0.3) is 0 Å². The number of aromatic nitrogens is 2. The van der Waals surface area contributed by atoms with Crippen molar-refractivity contribution in [3.05, 3.63) is 12.4 Å². The smallest absolute Gasteiger partial charge is 0.233 e. The van der Waals surface area contributed by atoms with Crippen LogP contribution in [-0.2, 0) is 11.8 Å². The van der Waals surface area contributed by atoms with Crippen molar-refractivity contribution in [2.45, 2.75) is 37.1 Å². The number of carbonyl (C=O) groups excluding carboxylic acids is 1. The molecule has 0 saturated heterocycles. The highest BCUT2D eigenvalue weighted by atomic mass is 32.2. The first-order valence-corrected chi connectivity index (χ1v) is 6.44. The first kappa shape index (κ1) is 13.1. The van der Waals surface area contributed by atoms with Crippen LogP contribution in [0.5, 0.6) is 0 Å². The van der Waals surface area contributed by atoms with Gasteiger partial charge in [-0.1, -0.05) is 25.1 Å². The van der Waals surface area contributed by atoms with Gasteiger partial charge in [-0.25, -0.2) is 4.98 Å². The topological polar surface area (TPSA) is 46.9 Å². The Bertz CT molecular complexity index is 338. The van der Waals surface area contributed by atoms with Crippen LogP contribution >= 0.6 is 11.8 Å². The number of hydrogen-bond acceptors (Lipinski definition) is 3. The number of carbonyl (C=O) groups is 1. The molecule has 0 bridgehead atoms. The molecule has 0 radical (unpaired) electrons. The van der Waals surface area contributed by atoms with Gasteiger partial charge in [-0.15, -0.1) is 0 Å². The second-order valence-corrected chi connectivity index (χ2v) is 5.03. The van der Waals surface area contributed by atoms with Crippen molar-refractivity contribution in [2.24, 2.45) is 7.05 Å². The molecule has 1 N–H and O–H groups in total. The summed E-state index contributed by atoms with van der Waals surface area (Å²) in [4.78, 5) is 15.9. The van der Waals surface area contributed by atoms with E-state index in [1.165, 1.54) is 11.8 Å². The third-order valence-corrected chi connectivity index (χ3v) is 3.43. The molecule has 1 heterocycles. The van der Waals surface area contributed by atoms with Crippen molar-refractivity contribution in [1.82, 2.24) is 14.9 Å². The molecule has 0 fully saturated rings. The lowest BCUT2D eigenvalue weighted by Crippen LogP contribution is -2.31. The van der Waals surface area contributed by atoms with Gasteiger partial charge in [0.15, 0.2) is 5.16 Å². The Kier molecular flexibility index (Phi) is 5.38. The molecule has 1 aromatic heterocycles. The molecule has 1 amide bonds.